The largest absolute Gasteiger partial charge is 0.480 e. The number of hydrogen-bond acceptors (Lipinski definition) is 9. The van der Waals surface area contributed by atoms with Crippen LogP contribution < -0.4 is 5.73 Å². The van der Waals surface area contributed by atoms with Crippen LogP contribution >= 0.6 is 12.6 Å². The summed E-state index contributed by atoms with van der Waals surface area (Å²) in [5.74, 6) is -3.51. The number of carbonyl (C=O) groups excluding carboxylic acids is 3. The molecule has 1 saturated heterocycles. The summed E-state index contributed by atoms with van der Waals surface area (Å²) in [7, 11) is 0. The minimum atomic E-state index is -1.20. The Morgan fingerprint density at radius 3 is 2.50 bits per heavy atom. The maximum Gasteiger partial charge on any atom is 0.326 e. The molecule has 1 aromatic rings. The Morgan fingerprint density at radius 2 is 1.94 bits per heavy atom. The fourth-order valence-electron chi connectivity index (χ4n) is 3.48. The molecule has 0 aliphatic carbocycles. The maximum absolute atomic E-state index is 12.7. The molecule has 32 heavy (non-hydrogen) atoms. The van der Waals surface area contributed by atoms with Gasteiger partial charge in [-0.1, -0.05) is 31.2 Å². The van der Waals surface area contributed by atoms with Crippen LogP contribution in [0.15, 0.2) is 24.3 Å². The highest BCUT2D eigenvalue weighted by Crippen LogP contribution is 2.24. The summed E-state index contributed by atoms with van der Waals surface area (Å²) in [6.07, 6.45) is 0.596. The number of aliphatic carboxylic acids is 1. The van der Waals surface area contributed by atoms with E-state index in [4.69, 9.17) is 5.73 Å². The predicted molar refractivity (Wildman–Crippen MR) is 114 cm³/mol. The normalized spacial score (nSPS) is 18.5. The topological polar surface area (TPSA) is 170 Å². The molecule has 12 heteroatoms. The van der Waals surface area contributed by atoms with Crippen molar-refractivity contribution in [2.45, 2.75) is 50.1 Å². The van der Waals surface area contributed by atoms with Gasteiger partial charge in [-0.3, -0.25) is 14.4 Å². The van der Waals surface area contributed by atoms with Gasteiger partial charge < -0.3 is 20.6 Å². The van der Waals surface area contributed by atoms with E-state index in [-0.39, 0.29) is 18.6 Å². The van der Waals surface area contributed by atoms with E-state index in [9.17, 15) is 34.4 Å². The van der Waals surface area contributed by atoms with Crippen molar-refractivity contribution in [2.75, 3.05) is 6.54 Å². The summed E-state index contributed by atoms with van der Waals surface area (Å²) < 4.78 is 0. The fourth-order valence-corrected chi connectivity index (χ4v) is 3.80. The number of carbonyl (C=O) groups is 4. The first-order chi connectivity index (χ1) is 15.0. The smallest absolute Gasteiger partial charge is 0.326 e. The molecule has 0 aromatic heterocycles. The zero-order chi connectivity index (χ0) is 24.0. The molecule has 1 amide bonds. The number of carboxylic acid groups (broad SMARTS) is 1. The van der Waals surface area contributed by atoms with Crippen LogP contribution in [0.1, 0.15) is 42.1 Å². The number of rotatable bonds is 11. The molecule has 4 atom stereocenters. The molecule has 1 aliphatic heterocycles. The molecular formula is C20H25N3O8S. The minimum absolute atomic E-state index is 0.257. The van der Waals surface area contributed by atoms with Crippen molar-refractivity contribution in [3.63, 3.8) is 0 Å². The summed E-state index contributed by atoms with van der Waals surface area (Å²) in [5.41, 5.74) is 6.65. The molecule has 1 heterocycles. The van der Waals surface area contributed by atoms with Crippen LogP contribution in [0.4, 0.5) is 0 Å². The lowest BCUT2D eigenvalue weighted by atomic mass is 9.94. The van der Waals surface area contributed by atoms with Crippen molar-refractivity contribution < 1.29 is 34.2 Å². The fraction of sp³-hybridized carbons (Fsp3) is 0.500. The minimum Gasteiger partial charge on any atom is -0.480 e. The zero-order valence-electron chi connectivity index (χ0n) is 17.4. The van der Waals surface area contributed by atoms with Gasteiger partial charge in [0.1, 0.15) is 12.6 Å². The van der Waals surface area contributed by atoms with Crippen molar-refractivity contribution in [2.24, 2.45) is 11.7 Å². The maximum atomic E-state index is 12.7. The van der Waals surface area contributed by atoms with Crippen LogP contribution in [-0.4, -0.2) is 62.4 Å². The first kappa shape index (κ1) is 25.3. The predicted octanol–water partition coefficient (Wildman–Crippen LogP) is 0.874. The molecule has 11 nitrogen and oxygen atoms in total. The summed E-state index contributed by atoms with van der Waals surface area (Å²) in [6, 6.07) is 3.74. The average Bonchev–Trinajstić information content (AvgIpc) is 3.26. The summed E-state index contributed by atoms with van der Waals surface area (Å²) in [6.45, 7) is 1.52. The Balaban J connectivity index is 1.95. The molecule has 3 N–H and O–H groups in total. The van der Waals surface area contributed by atoms with Crippen molar-refractivity contribution >= 4 is 36.1 Å². The van der Waals surface area contributed by atoms with E-state index in [2.05, 4.69) is 17.5 Å². The third-order valence-electron chi connectivity index (χ3n) is 5.36. The molecule has 1 unspecified atom stereocenters. The molecule has 174 valence electrons. The van der Waals surface area contributed by atoms with Crippen LogP contribution in [0, 0.1) is 16.0 Å². The number of likely N-dealkylation sites (tertiary alicyclic amines) is 1. The second-order valence-corrected chi connectivity index (χ2v) is 8.15. The second-order valence-electron chi connectivity index (χ2n) is 7.59. The lowest BCUT2D eigenvalue weighted by Crippen LogP contribution is -2.48. The third kappa shape index (κ3) is 6.26. The van der Waals surface area contributed by atoms with Gasteiger partial charge in [-0.25, -0.2) is 4.79 Å². The Morgan fingerprint density at radius 1 is 1.31 bits per heavy atom. The Kier molecular flexibility index (Phi) is 8.72. The number of hydrogen-bond donors (Lipinski definition) is 3. The van der Waals surface area contributed by atoms with Crippen molar-refractivity contribution in [1.29, 1.82) is 0 Å². The molecule has 0 saturated carbocycles. The van der Waals surface area contributed by atoms with E-state index < -0.39 is 51.8 Å². The molecule has 0 spiro atoms. The van der Waals surface area contributed by atoms with Crippen LogP contribution in [0.25, 0.3) is 0 Å². The van der Waals surface area contributed by atoms with Crippen molar-refractivity contribution in [3.05, 3.63) is 45.5 Å². The SMILES string of the molecule is C[C@@H](C(=O)N1CCC[C@H]1C(=O)O)C(S)C(=O)[C@@H](N)CC(=O)c1ccc(CO[N+](=O)[O-])cc1. The summed E-state index contributed by atoms with van der Waals surface area (Å²) in [4.78, 5) is 64.9. The zero-order valence-corrected chi connectivity index (χ0v) is 18.3. The monoisotopic (exact) mass is 467 g/mol. The number of Topliss-reactive ketones (excluding diaryl/α,β-unsaturated/α-hetero) is 2. The standard InChI is InChI=1S/C20H25N3O8S/c1-11(19(26)22-8-2-3-15(22)20(27)28)18(32)17(25)14(21)9-16(24)13-6-4-12(5-7-13)10-31-23(29)30/h4-7,11,14-15,18,32H,2-3,8-10,21H2,1H3,(H,27,28)/t11-,14+,15+,18?/m1/s1. The van der Waals surface area contributed by atoms with Gasteiger partial charge in [-0.2, -0.15) is 12.6 Å². The number of ketones is 2. The molecule has 0 radical (unpaired) electrons. The van der Waals surface area contributed by atoms with Crippen molar-refractivity contribution in [3.8, 4) is 0 Å². The van der Waals surface area contributed by atoms with Gasteiger partial charge in [0.05, 0.1) is 17.2 Å². The first-order valence-corrected chi connectivity index (χ1v) is 10.4. The highest BCUT2D eigenvalue weighted by Gasteiger charge is 2.39. The molecule has 1 aliphatic rings. The van der Waals surface area contributed by atoms with E-state index in [0.717, 1.165) is 0 Å². The molecular weight excluding hydrogens is 442 g/mol. The van der Waals surface area contributed by atoms with E-state index in [0.29, 0.717) is 24.9 Å². The van der Waals surface area contributed by atoms with Gasteiger partial charge in [-0.15, -0.1) is 10.1 Å². The number of thiol groups is 1. The highest BCUT2D eigenvalue weighted by atomic mass is 32.1. The summed E-state index contributed by atoms with van der Waals surface area (Å²) in [5, 5.41) is 17.5. The molecule has 1 aromatic carbocycles. The first-order valence-electron chi connectivity index (χ1n) is 9.93. The van der Waals surface area contributed by atoms with Crippen molar-refractivity contribution in [1.82, 2.24) is 4.90 Å². The highest BCUT2D eigenvalue weighted by molar-refractivity contribution is 7.81. The molecule has 0 bridgehead atoms. The quantitative estimate of drug-likeness (QED) is 0.185. The van der Waals surface area contributed by atoms with Crippen LogP contribution in [0.5, 0.6) is 0 Å². The number of benzene rings is 1. The number of nitrogens with zero attached hydrogens (tertiary/aromatic N) is 2. The van der Waals surface area contributed by atoms with E-state index in [1.807, 2.05) is 0 Å². The lowest BCUT2D eigenvalue weighted by Gasteiger charge is -2.28. The van der Waals surface area contributed by atoms with Gasteiger partial charge in [0.25, 0.3) is 5.09 Å². The van der Waals surface area contributed by atoms with Crippen LogP contribution in [-0.2, 0) is 25.8 Å². The Hall–Kier alpha value is -2.99. The molecule has 1 fully saturated rings. The Bertz CT molecular complexity index is 891. The van der Waals surface area contributed by atoms with Gasteiger partial charge in [0, 0.05) is 18.5 Å². The van der Waals surface area contributed by atoms with Gasteiger partial charge in [0.15, 0.2) is 11.6 Å². The van der Waals surface area contributed by atoms with Crippen LogP contribution in [0.3, 0.4) is 0 Å². The van der Waals surface area contributed by atoms with Gasteiger partial charge in [-0.05, 0) is 18.4 Å². The third-order valence-corrected chi connectivity index (χ3v) is 6.06. The number of amides is 1. The van der Waals surface area contributed by atoms with E-state index in [1.54, 1.807) is 0 Å². The van der Waals surface area contributed by atoms with E-state index in [1.165, 1.54) is 36.1 Å². The molecule has 2 rings (SSSR count). The number of nitrogens with two attached hydrogens (primary N) is 1. The lowest BCUT2D eigenvalue weighted by molar-refractivity contribution is -0.763. The van der Waals surface area contributed by atoms with E-state index >= 15 is 0 Å². The van der Waals surface area contributed by atoms with Crippen LogP contribution in [0.2, 0.25) is 0 Å². The Labute approximate surface area is 189 Å². The second kappa shape index (κ2) is 11.0. The number of carboxylic acids is 1. The van der Waals surface area contributed by atoms with Gasteiger partial charge in [0.2, 0.25) is 5.91 Å². The van der Waals surface area contributed by atoms with Gasteiger partial charge >= 0.3 is 5.97 Å². The summed E-state index contributed by atoms with van der Waals surface area (Å²) >= 11 is 4.23. The average molecular weight is 468 g/mol.